The van der Waals surface area contributed by atoms with Gasteiger partial charge in [0.15, 0.2) is 6.10 Å². The SMILES string of the molecule is CC/C=C\C/C=C\C/C=C\C/C=C\CCCCC(=O)OC(COC(=O)CCCCCCCCCCC/C=C\CCCCCCCC)COP(=O)(O)OCC(CO)OC(=O)CCCCCCCCCCCCCCC. The molecule has 0 fully saturated rings. The van der Waals surface area contributed by atoms with Gasteiger partial charge in [0.1, 0.15) is 12.7 Å². The number of unbranched alkanes of at least 4 members (excludes halogenated alkanes) is 29. The Balaban J connectivity index is 4.73. The molecule has 430 valence electrons. The highest BCUT2D eigenvalue weighted by molar-refractivity contribution is 7.47. The van der Waals surface area contributed by atoms with Crippen molar-refractivity contribution in [2.45, 2.75) is 290 Å². The van der Waals surface area contributed by atoms with Crippen molar-refractivity contribution in [3.8, 4) is 0 Å². The second-order valence-corrected chi connectivity index (χ2v) is 21.6. The van der Waals surface area contributed by atoms with Gasteiger partial charge in [-0.15, -0.1) is 0 Å². The summed E-state index contributed by atoms with van der Waals surface area (Å²) in [4.78, 5) is 48.6. The first kappa shape index (κ1) is 71.2. The van der Waals surface area contributed by atoms with Crippen LogP contribution in [0.25, 0.3) is 0 Å². The quantitative estimate of drug-likeness (QED) is 0.0197. The summed E-state index contributed by atoms with van der Waals surface area (Å²) in [7, 11) is -4.76. The van der Waals surface area contributed by atoms with Crippen LogP contribution in [0.3, 0.4) is 0 Å². The van der Waals surface area contributed by atoms with Gasteiger partial charge in [-0.05, 0) is 83.5 Å². The van der Waals surface area contributed by atoms with E-state index in [0.717, 1.165) is 77.0 Å². The van der Waals surface area contributed by atoms with Crippen molar-refractivity contribution in [2.75, 3.05) is 26.4 Å². The Hall–Kier alpha value is -2.82. The number of hydrogen-bond acceptors (Lipinski definition) is 10. The average Bonchev–Trinajstić information content (AvgIpc) is 3.39. The monoisotopic (exact) mass is 1060 g/mol. The molecule has 3 atom stereocenters. The molecule has 0 aliphatic rings. The van der Waals surface area contributed by atoms with Crippen LogP contribution in [-0.2, 0) is 42.2 Å². The van der Waals surface area contributed by atoms with Gasteiger partial charge in [0, 0.05) is 19.3 Å². The van der Waals surface area contributed by atoms with Crippen LogP contribution in [0.4, 0.5) is 0 Å². The van der Waals surface area contributed by atoms with Gasteiger partial charge in [-0.1, -0.05) is 236 Å². The van der Waals surface area contributed by atoms with Gasteiger partial charge in [0.2, 0.25) is 0 Å². The second kappa shape index (κ2) is 56.4. The molecule has 74 heavy (non-hydrogen) atoms. The molecule has 0 radical (unpaired) electrons. The lowest BCUT2D eigenvalue weighted by Crippen LogP contribution is -2.30. The fourth-order valence-corrected chi connectivity index (χ4v) is 9.13. The third-order valence-corrected chi connectivity index (χ3v) is 13.9. The predicted molar refractivity (Wildman–Crippen MR) is 307 cm³/mol. The van der Waals surface area contributed by atoms with Crippen molar-refractivity contribution in [1.29, 1.82) is 0 Å². The standard InChI is InChI=1S/C62H111O11P/c1-4-7-10-13-16-19-22-25-27-28-29-30-32-34-36-39-42-45-48-51-60(64)69-55-59(73-62(66)53-50-47-44-41-38-35-31-26-23-20-17-14-11-8-5-2)57-71-74(67,68)70-56-58(54-63)72-61(65)52-49-46-43-40-37-33-24-21-18-15-12-9-6-3/h8,11,17,20,25-27,31,38,41,58-59,63H,4-7,9-10,12-16,18-19,21-24,28-30,32-37,39-40,42-57H2,1-3H3,(H,67,68)/b11-8-,20-17-,27-25-,31-26-,41-38-. The summed E-state index contributed by atoms with van der Waals surface area (Å²) in [5, 5.41) is 9.81. The van der Waals surface area contributed by atoms with E-state index in [4.69, 9.17) is 23.3 Å². The summed E-state index contributed by atoms with van der Waals surface area (Å²) in [6.45, 7) is 4.51. The lowest BCUT2D eigenvalue weighted by atomic mass is 10.0. The van der Waals surface area contributed by atoms with Crippen molar-refractivity contribution >= 4 is 25.7 Å². The molecule has 0 aromatic heterocycles. The first-order valence-corrected chi connectivity index (χ1v) is 31.7. The highest BCUT2D eigenvalue weighted by Gasteiger charge is 2.28. The number of aliphatic hydroxyl groups is 1. The maximum atomic E-state index is 12.9. The number of allylic oxidation sites excluding steroid dienone is 10. The van der Waals surface area contributed by atoms with Gasteiger partial charge in [-0.3, -0.25) is 23.4 Å². The minimum Gasteiger partial charge on any atom is -0.462 e. The fraction of sp³-hybridized carbons (Fsp3) is 0.790. The molecule has 0 rings (SSSR count). The van der Waals surface area contributed by atoms with Crippen LogP contribution in [-0.4, -0.2) is 66.5 Å². The Morgan fingerprint density at radius 3 is 1.12 bits per heavy atom. The van der Waals surface area contributed by atoms with Gasteiger partial charge >= 0.3 is 25.7 Å². The van der Waals surface area contributed by atoms with Gasteiger partial charge in [-0.25, -0.2) is 4.57 Å². The summed E-state index contributed by atoms with van der Waals surface area (Å²) in [5.74, 6) is -1.50. The summed E-state index contributed by atoms with van der Waals surface area (Å²) in [6.07, 6.45) is 61.8. The fourth-order valence-electron chi connectivity index (χ4n) is 8.34. The third-order valence-electron chi connectivity index (χ3n) is 12.9. The van der Waals surface area contributed by atoms with Crippen molar-refractivity contribution < 1.29 is 52.2 Å². The lowest BCUT2D eigenvalue weighted by Gasteiger charge is -2.21. The third kappa shape index (κ3) is 54.0. The number of ether oxygens (including phenoxy) is 3. The van der Waals surface area contributed by atoms with Crippen molar-refractivity contribution in [3.05, 3.63) is 60.8 Å². The molecule has 0 amide bonds. The zero-order valence-electron chi connectivity index (χ0n) is 47.6. The molecule has 0 aromatic carbocycles. The topological polar surface area (TPSA) is 155 Å². The summed E-state index contributed by atoms with van der Waals surface area (Å²) >= 11 is 0. The van der Waals surface area contributed by atoms with Crippen LogP contribution in [0.15, 0.2) is 60.8 Å². The van der Waals surface area contributed by atoms with Crippen LogP contribution in [0.1, 0.15) is 278 Å². The van der Waals surface area contributed by atoms with E-state index in [1.165, 1.54) is 141 Å². The first-order valence-electron chi connectivity index (χ1n) is 30.2. The molecule has 0 bridgehead atoms. The molecular weight excluding hydrogens is 952 g/mol. The van der Waals surface area contributed by atoms with Crippen molar-refractivity contribution in [3.63, 3.8) is 0 Å². The normalized spacial score (nSPS) is 13.7. The number of phosphoric acid groups is 1. The Labute approximate surface area is 453 Å². The minimum absolute atomic E-state index is 0.116. The zero-order valence-corrected chi connectivity index (χ0v) is 48.5. The van der Waals surface area contributed by atoms with E-state index in [0.29, 0.717) is 19.3 Å². The highest BCUT2D eigenvalue weighted by atomic mass is 31.2. The molecule has 0 saturated heterocycles. The van der Waals surface area contributed by atoms with Crippen LogP contribution in [0, 0.1) is 0 Å². The first-order chi connectivity index (χ1) is 36.2. The Morgan fingerprint density at radius 1 is 0.392 bits per heavy atom. The van der Waals surface area contributed by atoms with Crippen molar-refractivity contribution in [2.24, 2.45) is 0 Å². The van der Waals surface area contributed by atoms with E-state index >= 15 is 0 Å². The number of carbonyl (C=O) groups is 3. The van der Waals surface area contributed by atoms with Crippen LogP contribution < -0.4 is 0 Å². The number of carbonyl (C=O) groups excluding carboxylic acids is 3. The van der Waals surface area contributed by atoms with Gasteiger partial charge in [-0.2, -0.15) is 0 Å². The largest absolute Gasteiger partial charge is 0.472 e. The Morgan fingerprint density at radius 2 is 0.703 bits per heavy atom. The van der Waals surface area contributed by atoms with Gasteiger partial charge < -0.3 is 24.2 Å². The summed E-state index contributed by atoms with van der Waals surface area (Å²) < 4.78 is 39.5. The van der Waals surface area contributed by atoms with Gasteiger partial charge in [0.25, 0.3) is 0 Å². The molecule has 3 unspecified atom stereocenters. The number of rotatable bonds is 56. The molecular formula is C62H111O11P. The number of phosphoric ester groups is 1. The van der Waals surface area contributed by atoms with E-state index in [2.05, 4.69) is 81.5 Å². The molecule has 12 heteroatoms. The molecule has 0 heterocycles. The van der Waals surface area contributed by atoms with Crippen LogP contribution in [0.5, 0.6) is 0 Å². The second-order valence-electron chi connectivity index (χ2n) is 20.1. The number of aliphatic hydroxyl groups excluding tert-OH is 1. The van der Waals surface area contributed by atoms with E-state index in [1.807, 2.05) is 0 Å². The van der Waals surface area contributed by atoms with E-state index in [1.54, 1.807) is 0 Å². The summed E-state index contributed by atoms with van der Waals surface area (Å²) in [5.41, 5.74) is 0. The van der Waals surface area contributed by atoms with E-state index in [9.17, 15) is 28.9 Å². The highest BCUT2D eigenvalue weighted by Crippen LogP contribution is 2.43. The molecule has 0 saturated carbocycles. The Bertz CT molecular complexity index is 1470. The Kier molecular flexibility index (Phi) is 54.2. The molecule has 0 aliphatic heterocycles. The van der Waals surface area contributed by atoms with Gasteiger partial charge in [0.05, 0.1) is 19.8 Å². The number of hydrogen-bond donors (Lipinski definition) is 2. The van der Waals surface area contributed by atoms with E-state index < -0.39 is 57.8 Å². The maximum Gasteiger partial charge on any atom is 0.472 e. The van der Waals surface area contributed by atoms with Crippen LogP contribution in [0.2, 0.25) is 0 Å². The molecule has 11 nitrogen and oxygen atoms in total. The van der Waals surface area contributed by atoms with Crippen molar-refractivity contribution in [1.82, 2.24) is 0 Å². The molecule has 0 aliphatic carbocycles. The molecule has 2 N–H and O–H groups in total. The van der Waals surface area contributed by atoms with Crippen LogP contribution >= 0.6 is 7.82 Å². The predicted octanol–water partition coefficient (Wildman–Crippen LogP) is 17.9. The smallest absolute Gasteiger partial charge is 0.462 e. The number of esters is 3. The lowest BCUT2D eigenvalue weighted by molar-refractivity contribution is -0.161. The summed E-state index contributed by atoms with van der Waals surface area (Å²) in [6, 6.07) is 0. The molecule has 0 spiro atoms. The average molecular weight is 1060 g/mol. The molecule has 0 aromatic rings. The zero-order chi connectivity index (χ0) is 54.1. The minimum atomic E-state index is -4.76. The maximum absolute atomic E-state index is 12.9. The van der Waals surface area contributed by atoms with E-state index in [-0.39, 0.29) is 25.9 Å².